The fourth-order valence-electron chi connectivity index (χ4n) is 1.67. The van der Waals surface area contributed by atoms with Gasteiger partial charge in [0.05, 0.1) is 5.69 Å². The van der Waals surface area contributed by atoms with Gasteiger partial charge in [-0.05, 0) is 31.4 Å². The third kappa shape index (κ3) is 2.29. The number of nitrogens with two attached hydrogens (primary N) is 1. The van der Waals surface area contributed by atoms with Crippen molar-refractivity contribution in [1.82, 2.24) is 4.90 Å². The molecule has 0 amide bonds. The van der Waals surface area contributed by atoms with Crippen molar-refractivity contribution < 1.29 is 0 Å². The van der Waals surface area contributed by atoms with Gasteiger partial charge in [0.25, 0.3) is 0 Å². The Morgan fingerprint density at radius 1 is 1.33 bits per heavy atom. The highest BCUT2D eigenvalue weighted by Crippen LogP contribution is 2.23. The van der Waals surface area contributed by atoms with E-state index in [-0.39, 0.29) is 0 Å². The topological polar surface area (TPSA) is 41.6 Å². The average Bonchev–Trinajstić information content (AvgIpc) is 2.16. The number of benzene rings is 1. The smallest absolute Gasteiger partial charge is 0.196 e. The van der Waals surface area contributed by atoms with Gasteiger partial charge in [-0.1, -0.05) is 18.2 Å². The standard InChI is InChI=1S/C12H17N3/c1-15(11-8-5-9-11)12(13)14-10-6-3-2-4-7-10/h2-4,6-7,11H,5,8-9H2,1H3,(H2,13,14). The van der Waals surface area contributed by atoms with Crippen LogP contribution in [0.3, 0.4) is 0 Å². The molecule has 0 aliphatic heterocycles. The highest BCUT2D eigenvalue weighted by molar-refractivity contribution is 5.81. The van der Waals surface area contributed by atoms with Crippen molar-refractivity contribution in [1.29, 1.82) is 0 Å². The Kier molecular flexibility index (Phi) is 2.90. The van der Waals surface area contributed by atoms with E-state index in [1.807, 2.05) is 37.4 Å². The van der Waals surface area contributed by atoms with Gasteiger partial charge < -0.3 is 10.6 Å². The van der Waals surface area contributed by atoms with Crippen molar-refractivity contribution in [3.05, 3.63) is 30.3 Å². The van der Waals surface area contributed by atoms with Gasteiger partial charge in [0.15, 0.2) is 5.96 Å². The Bertz CT molecular complexity index is 341. The molecule has 15 heavy (non-hydrogen) atoms. The highest BCUT2D eigenvalue weighted by atomic mass is 15.3. The first-order valence-electron chi connectivity index (χ1n) is 5.39. The molecule has 1 aromatic rings. The predicted octanol–water partition coefficient (Wildman–Crippen LogP) is 2.12. The van der Waals surface area contributed by atoms with Crippen LogP contribution in [-0.4, -0.2) is 23.9 Å². The molecule has 0 atom stereocenters. The summed E-state index contributed by atoms with van der Waals surface area (Å²) >= 11 is 0. The molecule has 0 radical (unpaired) electrons. The van der Waals surface area contributed by atoms with E-state index in [2.05, 4.69) is 9.89 Å². The van der Waals surface area contributed by atoms with Crippen molar-refractivity contribution in [2.24, 2.45) is 10.7 Å². The number of para-hydroxylation sites is 1. The SMILES string of the molecule is CN(C(N)=Nc1ccccc1)C1CCC1. The average molecular weight is 203 g/mol. The van der Waals surface area contributed by atoms with Crippen LogP contribution in [-0.2, 0) is 0 Å². The maximum absolute atomic E-state index is 5.94. The summed E-state index contributed by atoms with van der Waals surface area (Å²) in [5.41, 5.74) is 6.85. The maximum Gasteiger partial charge on any atom is 0.196 e. The van der Waals surface area contributed by atoms with Crippen LogP contribution in [0.15, 0.2) is 35.3 Å². The molecule has 80 valence electrons. The van der Waals surface area contributed by atoms with Gasteiger partial charge in [0.1, 0.15) is 0 Å². The number of hydrogen-bond acceptors (Lipinski definition) is 1. The molecule has 3 heteroatoms. The Morgan fingerprint density at radius 2 is 2.00 bits per heavy atom. The van der Waals surface area contributed by atoms with Gasteiger partial charge in [0.2, 0.25) is 0 Å². The van der Waals surface area contributed by atoms with E-state index < -0.39 is 0 Å². The molecule has 1 aromatic carbocycles. The number of nitrogens with zero attached hydrogens (tertiary/aromatic N) is 2. The molecule has 0 aromatic heterocycles. The second-order valence-corrected chi connectivity index (χ2v) is 4.00. The molecule has 1 saturated carbocycles. The molecule has 1 aliphatic rings. The molecule has 0 spiro atoms. The summed E-state index contributed by atoms with van der Waals surface area (Å²) in [6.07, 6.45) is 3.79. The van der Waals surface area contributed by atoms with E-state index in [1.54, 1.807) is 0 Å². The van der Waals surface area contributed by atoms with Crippen molar-refractivity contribution in [3.8, 4) is 0 Å². The fraction of sp³-hybridized carbons (Fsp3) is 0.417. The Hall–Kier alpha value is -1.51. The normalized spacial score (nSPS) is 17.3. The number of guanidine groups is 1. The first-order chi connectivity index (χ1) is 7.27. The van der Waals surface area contributed by atoms with Gasteiger partial charge in [0, 0.05) is 13.1 Å². The second-order valence-electron chi connectivity index (χ2n) is 4.00. The third-order valence-corrected chi connectivity index (χ3v) is 2.98. The first-order valence-corrected chi connectivity index (χ1v) is 5.39. The fourth-order valence-corrected chi connectivity index (χ4v) is 1.67. The second kappa shape index (κ2) is 4.34. The first kappa shape index (κ1) is 10.0. The minimum Gasteiger partial charge on any atom is -0.369 e. The lowest BCUT2D eigenvalue weighted by molar-refractivity contribution is 0.239. The monoisotopic (exact) mass is 203 g/mol. The number of hydrogen-bond donors (Lipinski definition) is 1. The summed E-state index contributed by atoms with van der Waals surface area (Å²) < 4.78 is 0. The lowest BCUT2D eigenvalue weighted by Gasteiger charge is -2.35. The van der Waals surface area contributed by atoms with Crippen LogP contribution in [0.1, 0.15) is 19.3 Å². The van der Waals surface area contributed by atoms with E-state index in [1.165, 1.54) is 19.3 Å². The van der Waals surface area contributed by atoms with Crippen molar-refractivity contribution in [2.45, 2.75) is 25.3 Å². The van der Waals surface area contributed by atoms with Crippen LogP contribution in [0.25, 0.3) is 0 Å². The van der Waals surface area contributed by atoms with Gasteiger partial charge in [-0.2, -0.15) is 0 Å². The maximum atomic E-state index is 5.94. The largest absolute Gasteiger partial charge is 0.369 e. The van der Waals surface area contributed by atoms with Crippen LogP contribution in [0.2, 0.25) is 0 Å². The van der Waals surface area contributed by atoms with Crippen LogP contribution < -0.4 is 5.73 Å². The summed E-state index contributed by atoms with van der Waals surface area (Å²) in [6.45, 7) is 0. The number of rotatable bonds is 2. The van der Waals surface area contributed by atoms with Crippen LogP contribution in [0.4, 0.5) is 5.69 Å². The van der Waals surface area contributed by atoms with Crippen molar-refractivity contribution >= 4 is 11.6 Å². The summed E-state index contributed by atoms with van der Waals surface area (Å²) in [5, 5.41) is 0. The molecule has 0 heterocycles. The van der Waals surface area contributed by atoms with Crippen molar-refractivity contribution in [2.75, 3.05) is 7.05 Å². The van der Waals surface area contributed by atoms with Gasteiger partial charge in [-0.15, -0.1) is 0 Å². The summed E-state index contributed by atoms with van der Waals surface area (Å²) in [6, 6.07) is 10.4. The molecule has 1 fully saturated rings. The van der Waals surface area contributed by atoms with E-state index in [4.69, 9.17) is 5.73 Å². The van der Waals surface area contributed by atoms with E-state index in [0.717, 1.165) is 5.69 Å². The third-order valence-electron chi connectivity index (χ3n) is 2.98. The zero-order valence-corrected chi connectivity index (χ0v) is 9.06. The zero-order valence-electron chi connectivity index (χ0n) is 9.06. The lowest BCUT2D eigenvalue weighted by atomic mass is 9.92. The Labute approximate surface area is 90.6 Å². The van der Waals surface area contributed by atoms with E-state index in [9.17, 15) is 0 Å². The molecule has 2 rings (SSSR count). The molecule has 0 saturated heterocycles. The van der Waals surface area contributed by atoms with Crippen LogP contribution in [0, 0.1) is 0 Å². The summed E-state index contributed by atoms with van der Waals surface area (Å²) in [7, 11) is 2.02. The van der Waals surface area contributed by atoms with Crippen molar-refractivity contribution in [3.63, 3.8) is 0 Å². The molecule has 1 aliphatic carbocycles. The van der Waals surface area contributed by atoms with Gasteiger partial charge in [-0.3, -0.25) is 0 Å². The van der Waals surface area contributed by atoms with E-state index in [0.29, 0.717) is 12.0 Å². The lowest BCUT2D eigenvalue weighted by Crippen LogP contribution is -2.45. The van der Waals surface area contributed by atoms with Gasteiger partial charge >= 0.3 is 0 Å². The number of aliphatic imine (C=N–C) groups is 1. The van der Waals surface area contributed by atoms with E-state index >= 15 is 0 Å². The zero-order chi connectivity index (χ0) is 10.7. The predicted molar refractivity (Wildman–Crippen MR) is 63.1 cm³/mol. The molecular weight excluding hydrogens is 186 g/mol. The summed E-state index contributed by atoms with van der Waals surface area (Å²) in [4.78, 5) is 6.46. The molecular formula is C12H17N3. The quantitative estimate of drug-likeness (QED) is 0.591. The molecule has 3 nitrogen and oxygen atoms in total. The van der Waals surface area contributed by atoms with Gasteiger partial charge in [-0.25, -0.2) is 4.99 Å². The molecule has 0 unspecified atom stereocenters. The highest BCUT2D eigenvalue weighted by Gasteiger charge is 2.23. The molecule has 0 bridgehead atoms. The minimum atomic E-state index is 0.595. The Balaban J connectivity index is 2.06. The Morgan fingerprint density at radius 3 is 2.53 bits per heavy atom. The van der Waals surface area contributed by atoms with Crippen LogP contribution >= 0.6 is 0 Å². The summed E-state index contributed by atoms with van der Waals surface area (Å²) in [5.74, 6) is 0.617. The van der Waals surface area contributed by atoms with Crippen LogP contribution in [0.5, 0.6) is 0 Å². The minimum absolute atomic E-state index is 0.595. The molecule has 2 N–H and O–H groups in total.